The summed E-state index contributed by atoms with van der Waals surface area (Å²) in [4.78, 5) is 35.1. The molecule has 0 aromatic rings. The number of thioether (sulfide) groups is 1. The van der Waals surface area contributed by atoms with Crippen LogP contribution in [0.1, 0.15) is 32.6 Å². The summed E-state index contributed by atoms with van der Waals surface area (Å²) in [7, 11) is 0. The molecule has 1 heterocycles. The Kier molecular flexibility index (Phi) is 6.08. The number of rotatable bonds is 8. The normalized spacial score (nSPS) is 17.8. The number of carbonyl (C=O) groups is 3. The first-order valence-electron chi connectivity index (χ1n) is 6.42. The molecule has 1 saturated heterocycles. The fourth-order valence-electron chi connectivity index (χ4n) is 1.94. The van der Waals surface area contributed by atoms with Crippen LogP contribution in [0.4, 0.5) is 4.79 Å². The third-order valence-electron chi connectivity index (χ3n) is 3.13. The Labute approximate surface area is 117 Å². The van der Waals surface area contributed by atoms with Crippen molar-refractivity contribution < 1.29 is 14.4 Å². The molecule has 0 bridgehead atoms. The Morgan fingerprint density at radius 2 is 1.84 bits per heavy atom. The van der Waals surface area contributed by atoms with Crippen LogP contribution >= 0.6 is 11.8 Å². The molecule has 2 N–H and O–H groups in total. The molecular weight excluding hydrogens is 264 g/mol. The molecule has 106 valence electrons. The van der Waals surface area contributed by atoms with Crippen LogP contribution in [0.5, 0.6) is 0 Å². The van der Waals surface area contributed by atoms with Crippen LogP contribution in [0.2, 0.25) is 0 Å². The van der Waals surface area contributed by atoms with Crippen molar-refractivity contribution >= 4 is 29.6 Å². The molecule has 0 aromatic heterocycles. The van der Waals surface area contributed by atoms with Crippen LogP contribution < -0.4 is 10.6 Å². The molecule has 0 radical (unpaired) electrons. The molecule has 1 rings (SSSR count). The third kappa shape index (κ3) is 3.83. The number of carbonyl (C=O) groups excluding carboxylic acids is 3. The van der Waals surface area contributed by atoms with E-state index in [2.05, 4.69) is 24.1 Å². The first kappa shape index (κ1) is 15.8. The lowest BCUT2D eigenvalue weighted by molar-refractivity contribution is -0.144. The van der Waals surface area contributed by atoms with E-state index in [0.29, 0.717) is 12.2 Å². The Hall–Kier alpha value is -1.30. The van der Waals surface area contributed by atoms with Gasteiger partial charge in [-0.3, -0.25) is 20.2 Å². The van der Waals surface area contributed by atoms with Crippen LogP contribution in [0.3, 0.4) is 0 Å². The topological polar surface area (TPSA) is 75.3 Å². The molecule has 4 amide bonds. The van der Waals surface area contributed by atoms with Gasteiger partial charge in [-0.1, -0.05) is 19.4 Å². The van der Waals surface area contributed by atoms with E-state index in [0.717, 1.165) is 18.6 Å². The van der Waals surface area contributed by atoms with E-state index in [1.807, 2.05) is 0 Å². The van der Waals surface area contributed by atoms with Crippen molar-refractivity contribution in [3.63, 3.8) is 0 Å². The first-order valence-corrected chi connectivity index (χ1v) is 7.58. The molecule has 6 heteroatoms. The summed E-state index contributed by atoms with van der Waals surface area (Å²) in [5.41, 5.74) is -1.19. The van der Waals surface area contributed by atoms with E-state index < -0.39 is 23.3 Å². The number of nitrogens with one attached hydrogen (secondary N) is 2. The number of unbranched alkanes of at least 4 members (excludes halogenated alkanes) is 1. The van der Waals surface area contributed by atoms with Gasteiger partial charge in [0.2, 0.25) is 11.8 Å². The second-order valence-electron chi connectivity index (χ2n) is 4.53. The highest BCUT2D eigenvalue weighted by atomic mass is 32.2. The van der Waals surface area contributed by atoms with Crippen molar-refractivity contribution in [1.29, 1.82) is 0 Å². The summed E-state index contributed by atoms with van der Waals surface area (Å²) in [5, 5.41) is 4.34. The van der Waals surface area contributed by atoms with Gasteiger partial charge >= 0.3 is 6.03 Å². The predicted molar refractivity (Wildman–Crippen MR) is 75.8 cm³/mol. The molecule has 0 unspecified atom stereocenters. The SMILES string of the molecule is C=CCC1(CCSCCCC)C(=O)NC(=O)NC1=O. The molecule has 0 saturated carbocycles. The molecular formula is C13H20N2O3S. The molecule has 0 aromatic carbocycles. The number of barbiturate groups is 1. The van der Waals surface area contributed by atoms with Crippen LogP contribution in [-0.4, -0.2) is 29.4 Å². The van der Waals surface area contributed by atoms with E-state index in [4.69, 9.17) is 0 Å². The monoisotopic (exact) mass is 284 g/mol. The third-order valence-corrected chi connectivity index (χ3v) is 4.20. The van der Waals surface area contributed by atoms with Crippen LogP contribution in [0.25, 0.3) is 0 Å². The minimum atomic E-state index is -1.19. The second kappa shape index (κ2) is 7.33. The van der Waals surface area contributed by atoms with Crippen LogP contribution in [0, 0.1) is 5.41 Å². The average molecular weight is 284 g/mol. The zero-order valence-electron chi connectivity index (χ0n) is 11.2. The molecule has 0 aliphatic carbocycles. The van der Waals surface area contributed by atoms with Gasteiger partial charge in [-0.05, 0) is 30.8 Å². The molecule has 1 fully saturated rings. The fraction of sp³-hybridized carbons (Fsp3) is 0.615. The number of amides is 4. The predicted octanol–water partition coefficient (Wildman–Crippen LogP) is 1.84. The van der Waals surface area contributed by atoms with Gasteiger partial charge in [-0.2, -0.15) is 11.8 Å². The van der Waals surface area contributed by atoms with Crippen molar-refractivity contribution in [2.75, 3.05) is 11.5 Å². The van der Waals surface area contributed by atoms with E-state index in [9.17, 15) is 14.4 Å². The lowest BCUT2D eigenvalue weighted by atomic mass is 9.78. The molecule has 0 atom stereocenters. The molecule has 1 aliphatic rings. The van der Waals surface area contributed by atoms with Gasteiger partial charge < -0.3 is 0 Å². The molecule has 19 heavy (non-hydrogen) atoms. The van der Waals surface area contributed by atoms with Crippen molar-refractivity contribution in [2.24, 2.45) is 5.41 Å². The Bertz CT molecular complexity index is 362. The van der Waals surface area contributed by atoms with Gasteiger partial charge in [0, 0.05) is 0 Å². The first-order chi connectivity index (χ1) is 9.06. The highest BCUT2D eigenvalue weighted by Gasteiger charge is 2.48. The van der Waals surface area contributed by atoms with Crippen LogP contribution in [-0.2, 0) is 9.59 Å². The maximum atomic E-state index is 12.0. The second-order valence-corrected chi connectivity index (χ2v) is 5.75. The maximum Gasteiger partial charge on any atom is 0.328 e. The Morgan fingerprint density at radius 3 is 2.37 bits per heavy atom. The van der Waals surface area contributed by atoms with Gasteiger partial charge in [0.05, 0.1) is 0 Å². The summed E-state index contributed by atoms with van der Waals surface area (Å²) in [6, 6.07) is -0.742. The lowest BCUT2D eigenvalue weighted by Gasteiger charge is -2.33. The van der Waals surface area contributed by atoms with E-state index in [1.165, 1.54) is 0 Å². The highest BCUT2D eigenvalue weighted by molar-refractivity contribution is 7.99. The van der Waals surface area contributed by atoms with Crippen molar-refractivity contribution in [2.45, 2.75) is 32.6 Å². The van der Waals surface area contributed by atoms with Gasteiger partial charge in [-0.25, -0.2) is 4.79 Å². The quantitative estimate of drug-likeness (QED) is 0.405. The van der Waals surface area contributed by atoms with Crippen molar-refractivity contribution in [3.05, 3.63) is 12.7 Å². The lowest BCUT2D eigenvalue weighted by Crippen LogP contribution is -2.62. The Balaban J connectivity index is 2.67. The van der Waals surface area contributed by atoms with Crippen LogP contribution in [0.15, 0.2) is 12.7 Å². The van der Waals surface area contributed by atoms with Crippen molar-refractivity contribution in [3.8, 4) is 0 Å². The standard InChI is InChI=1S/C13H20N2O3S/c1-3-5-8-19-9-7-13(6-4-2)10(16)14-12(18)15-11(13)17/h4H,2-3,5-9H2,1H3,(H2,14,15,16,17,18). The molecule has 0 spiro atoms. The summed E-state index contributed by atoms with van der Waals surface area (Å²) < 4.78 is 0. The molecule has 5 nitrogen and oxygen atoms in total. The van der Waals surface area contributed by atoms with Crippen molar-refractivity contribution in [1.82, 2.24) is 10.6 Å². The van der Waals surface area contributed by atoms with E-state index >= 15 is 0 Å². The number of urea groups is 1. The Morgan fingerprint density at radius 1 is 1.21 bits per heavy atom. The zero-order valence-corrected chi connectivity index (χ0v) is 12.0. The smallest absolute Gasteiger partial charge is 0.277 e. The average Bonchev–Trinajstić information content (AvgIpc) is 2.35. The minimum Gasteiger partial charge on any atom is -0.277 e. The zero-order chi connectivity index (χ0) is 14.3. The summed E-state index contributed by atoms with van der Waals surface area (Å²) in [6.45, 7) is 5.71. The summed E-state index contributed by atoms with van der Waals surface area (Å²) >= 11 is 1.72. The van der Waals surface area contributed by atoms with Gasteiger partial charge in [-0.15, -0.1) is 6.58 Å². The summed E-state index contributed by atoms with van der Waals surface area (Å²) in [6.07, 6.45) is 4.45. The number of allylic oxidation sites excluding steroid dienone is 1. The number of hydrogen-bond acceptors (Lipinski definition) is 4. The van der Waals surface area contributed by atoms with Gasteiger partial charge in [0.25, 0.3) is 0 Å². The highest BCUT2D eigenvalue weighted by Crippen LogP contribution is 2.31. The maximum absolute atomic E-state index is 12.0. The fourth-order valence-corrected chi connectivity index (χ4v) is 3.13. The van der Waals surface area contributed by atoms with E-state index in [-0.39, 0.29) is 6.42 Å². The molecule has 1 aliphatic heterocycles. The number of hydrogen-bond donors (Lipinski definition) is 2. The van der Waals surface area contributed by atoms with E-state index in [1.54, 1.807) is 17.8 Å². The van der Waals surface area contributed by atoms with Gasteiger partial charge in [0.1, 0.15) is 5.41 Å². The minimum absolute atomic E-state index is 0.242. The van der Waals surface area contributed by atoms with Gasteiger partial charge in [0.15, 0.2) is 0 Å². The largest absolute Gasteiger partial charge is 0.328 e. The number of imide groups is 2. The summed E-state index contributed by atoms with van der Waals surface area (Å²) in [5.74, 6) is 0.695.